The fourth-order valence-electron chi connectivity index (χ4n) is 3.26. The van der Waals surface area contributed by atoms with Gasteiger partial charge in [0.1, 0.15) is 0 Å². The van der Waals surface area contributed by atoms with Crippen LogP contribution in [0.2, 0.25) is 0 Å². The molecular weight excluding hydrogens is 302 g/mol. The topological polar surface area (TPSA) is 79.8 Å². The van der Waals surface area contributed by atoms with E-state index in [-0.39, 0.29) is 16.4 Å². The third kappa shape index (κ3) is 1.89. The summed E-state index contributed by atoms with van der Waals surface area (Å²) in [5.41, 5.74) is 5.04. The van der Waals surface area contributed by atoms with Gasteiger partial charge in [-0.15, -0.1) is 0 Å². The molecule has 0 saturated carbocycles. The molecule has 3 aliphatic rings. The smallest absolute Gasteiger partial charge is 0.299 e. The third-order valence-electron chi connectivity index (χ3n) is 4.32. The van der Waals surface area contributed by atoms with Gasteiger partial charge in [0, 0.05) is 17.9 Å². The first-order chi connectivity index (χ1) is 10.6. The zero-order valence-electron chi connectivity index (χ0n) is 12.0. The molecule has 3 heterocycles. The molecule has 0 radical (unpaired) electrons. The molecule has 2 unspecified atom stereocenters. The lowest BCUT2D eigenvalue weighted by Crippen LogP contribution is -2.33. The maximum Gasteiger partial charge on any atom is 0.299 e. The van der Waals surface area contributed by atoms with Gasteiger partial charge in [0.2, 0.25) is 0 Å². The lowest BCUT2D eigenvalue weighted by atomic mass is 9.90. The van der Waals surface area contributed by atoms with Crippen molar-refractivity contribution in [2.45, 2.75) is 30.6 Å². The number of rotatable bonds is 1. The van der Waals surface area contributed by atoms with Gasteiger partial charge in [0.05, 0.1) is 11.0 Å². The van der Waals surface area contributed by atoms with Crippen molar-refractivity contribution in [1.29, 1.82) is 0 Å². The summed E-state index contributed by atoms with van der Waals surface area (Å²) < 4.78 is 5.80. The lowest BCUT2D eigenvalue weighted by Gasteiger charge is -2.22. The number of ether oxygens (including phenoxy) is 1. The molecule has 1 aromatic carbocycles. The number of amides is 2. The number of nitrogens with one attached hydrogen (secondary N) is 2. The average Bonchev–Trinajstić information content (AvgIpc) is 3.07. The van der Waals surface area contributed by atoms with Crippen molar-refractivity contribution in [2.24, 2.45) is 5.10 Å². The molecule has 0 aliphatic carbocycles. The van der Waals surface area contributed by atoms with Gasteiger partial charge in [-0.3, -0.25) is 9.59 Å². The highest BCUT2D eigenvalue weighted by Crippen LogP contribution is 2.45. The number of anilines is 1. The van der Waals surface area contributed by atoms with Gasteiger partial charge in [-0.05, 0) is 37.5 Å². The highest BCUT2D eigenvalue weighted by atomic mass is 32.2. The summed E-state index contributed by atoms with van der Waals surface area (Å²) in [6.45, 7) is 2.54. The molecule has 1 aromatic rings. The highest BCUT2D eigenvalue weighted by Gasteiger charge is 2.50. The number of thioether (sulfide) groups is 1. The molecule has 2 amide bonds. The summed E-state index contributed by atoms with van der Waals surface area (Å²) in [6.07, 6.45) is 1.57. The maximum atomic E-state index is 12.3. The second-order valence-corrected chi connectivity index (χ2v) is 6.96. The van der Waals surface area contributed by atoms with E-state index in [1.54, 1.807) is 0 Å². The van der Waals surface area contributed by atoms with Crippen molar-refractivity contribution in [3.05, 3.63) is 29.3 Å². The molecule has 0 bridgehead atoms. The van der Waals surface area contributed by atoms with Gasteiger partial charge >= 0.3 is 0 Å². The van der Waals surface area contributed by atoms with Crippen LogP contribution in [0.25, 0.3) is 0 Å². The van der Waals surface area contributed by atoms with Gasteiger partial charge in [0.15, 0.2) is 5.60 Å². The van der Waals surface area contributed by atoms with Crippen LogP contribution in [0.4, 0.5) is 10.5 Å². The predicted molar refractivity (Wildman–Crippen MR) is 84.1 cm³/mol. The van der Waals surface area contributed by atoms with Crippen LogP contribution in [0.5, 0.6) is 0 Å². The van der Waals surface area contributed by atoms with E-state index in [0.29, 0.717) is 13.0 Å². The second kappa shape index (κ2) is 4.82. The fraction of sp³-hybridized carbons (Fsp3) is 0.400. The van der Waals surface area contributed by atoms with E-state index in [0.717, 1.165) is 28.9 Å². The van der Waals surface area contributed by atoms with Crippen molar-refractivity contribution >= 4 is 34.3 Å². The standard InChI is InChI=1S/C15H15N3O3S/c1-8-12(17-18-14(20)22-8)9-3-4-11-10(7-9)15(13(19)16-11)5-2-6-21-15/h3-4,7-8H,2,5-6H2,1H3,(H,16,19)(H,18,20). The molecule has 1 saturated heterocycles. The van der Waals surface area contributed by atoms with Crippen LogP contribution < -0.4 is 10.7 Å². The molecular formula is C15H15N3O3S. The minimum atomic E-state index is -0.847. The van der Waals surface area contributed by atoms with Crippen LogP contribution >= 0.6 is 11.8 Å². The summed E-state index contributed by atoms with van der Waals surface area (Å²) in [7, 11) is 0. The number of hydrogen-bond donors (Lipinski definition) is 2. The summed E-state index contributed by atoms with van der Waals surface area (Å²) in [6, 6.07) is 5.77. The van der Waals surface area contributed by atoms with E-state index in [1.165, 1.54) is 11.8 Å². The fourth-order valence-corrected chi connectivity index (χ4v) is 3.98. The Kier molecular flexibility index (Phi) is 3.02. The van der Waals surface area contributed by atoms with E-state index in [4.69, 9.17) is 4.74 Å². The van der Waals surface area contributed by atoms with Crippen LogP contribution in [-0.2, 0) is 15.1 Å². The molecule has 4 rings (SSSR count). The molecule has 0 aromatic heterocycles. The molecule has 6 nitrogen and oxygen atoms in total. The van der Waals surface area contributed by atoms with E-state index in [1.807, 2.05) is 25.1 Å². The number of hydrogen-bond acceptors (Lipinski definition) is 5. The lowest BCUT2D eigenvalue weighted by molar-refractivity contribution is -0.135. The summed E-state index contributed by atoms with van der Waals surface area (Å²) >= 11 is 1.21. The van der Waals surface area contributed by atoms with Crippen LogP contribution in [0.1, 0.15) is 30.9 Å². The third-order valence-corrected chi connectivity index (χ3v) is 5.21. The zero-order chi connectivity index (χ0) is 15.3. The van der Waals surface area contributed by atoms with Gasteiger partial charge in [0.25, 0.3) is 11.1 Å². The maximum absolute atomic E-state index is 12.3. The summed E-state index contributed by atoms with van der Waals surface area (Å²) in [5.74, 6) is -0.0848. The average molecular weight is 317 g/mol. The summed E-state index contributed by atoms with van der Waals surface area (Å²) in [5, 5.41) is 6.89. The van der Waals surface area contributed by atoms with Crippen molar-refractivity contribution in [3.8, 4) is 0 Å². The molecule has 7 heteroatoms. The minimum absolute atomic E-state index is 0.0303. The number of fused-ring (bicyclic) bond motifs is 2. The minimum Gasteiger partial charge on any atom is -0.360 e. The van der Waals surface area contributed by atoms with Crippen molar-refractivity contribution in [1.82, 2.24) is 5.43 Å². The van der Waals surface area contributed by atoms with E-state index in [9.17, 15) is 9.59 Å². The highest BCUT2D eigenvalue weighted by molar-refractivity contribution is 8.14. The van der Waals surface area contributed by atoms with Gasteiger partial charge in [-0.25, -0.2) is 5.43 Å². The first-order valence-corrected chi connectivity index (χ1v) is 8.13. The Morgan fingerprint density at radius 3 is 3.00 bits per heavy atom. The Hall–Kier alpha value is -1.86. The second-order valence-electron chi connectivity index (χ2n) is 5.65. The first-order valence-electron chi connectivity index (χ1n) is 7.25. The normalized spacial score (nSPS) is 30.0. The zero-order valence-corrected chi connectivity index (χ0v) is 12.8. The van der Waals surface area contributed by atoms with Gasteiger partial charge in [-0.1, -0.05) is 17.8 Å². The number of benzene rings is 1. The number of nitrogens with zero attached hydrogens (tertiary/aromatic N) is 1. The molecule has 114 valence electrons. The molecule has 1 fully saturated rings. The number of carbonyl (C=O) groups excluding carboxylic acids is 2. The number of carbonyl (C=O) groups is 2. The van der Waals surface area contributed by atoms with Crippen molar-refractivity contribution < 1.29 is 14.3 Å². The molecule has 2 N–H and O–H groups in total. The predicted octanol–water partition coefficient (Wildman–Crippen LogP) is 2.19. The largest absolute Gasteiger partial charge is 0.360 e. The summed E-state index contributed by atoms with van der Waals surface area (Å²) in [4.78, 5) is 23.7. The number of hydrazone groups is 1. The molecule has 1 spiro atoms. The van der Waals surface area contributed by atoms with Gasteiger partial charge in [-0.2, -0.15) is 5.10 Å². The van der Waals surface area contributed by atoms with Crippen LogP contribution in [0, 0.1) is 0 Å². The Morgan fingerprint density at radius 2 is 2.27 bits per heavy atom. The van der Waals surface area contributed by atoms with Crippen LogP contribution in [-0.4, -0.2) is 28.7 Å². The Labute approximate surface area is 131 Å². The monoisotopic (exact) mass is 317 g/mol. The van der Waals surface area contributed by atoms with Crippen molar-refractivity contribution in [2.75, 3.05) is 11.9 Å². The van der Waals surface area contributed by atoms with Crippen LogP contribution in [0.3, 0.4) is 0 Å². The van der Waals surface area contributed by atoms with E-state index < -0.39 is 5.60 Å². The van der Waals surface area contributed by atoms with Crippen molar-refractivity contribution in [3.63, 3.8) is 0 Å². The SMILES string of the molecule is CC1SC(=O)NN=C1c1ccc2c(c1)C1(CCCO1)C(=O)N2. The van der Waals surface area contributed by atoms with Gasteiger partial charge < -0.3 is 10.1 Å². The molecule has 3 aliphatic heterocycles. The van der Waals surface area contributed by atoms with Crippen LogP contribution in [0.15, 0.2) is 23.3 Å². The Morgan fingerprint density at radius 1 is 1.41 bits per heavy atom. The first kappa shape index (κ1) is 13.8. The van der Waals surface area contributed by atoms with E-state index in [2.05, 4.69) is 15.8 Å². The molecule has 22 heavy (non-hydrogen) atoms. The Balaban J connectivity index is 1.78. The van der Waals surface area contributed by atoms with E-state index >= 15 is 0 Å². The Bertz CT molecular complexity index is 710. The quantitative estimate of drug-likeness (QED) is 0.832. The molecule has 2 atom stereocenters.